The highest BCUT2D eigenvalue weighted by molar-refractivity contribution is 5.65. The molecule has 164 valence electrons. The summed E-state index contributed by atoms with van der Waals surface area (Å²) in [5.41, 5.74) is 4.31. The van der Waals surface area contributed by atoms with E-state index in [0.29, 0.717) is 5.92 Å². The molecular formula is C29H41F. The summed E-state index contributed by atoms with van der Waals surface area (Å²) < 4.78 is 14.9. The van der Waals surface area contributed by atoms with E-state index in [2.05, 4.69) is 44.2 Å². The van der Waals surface area contributed by atoms with Gasteiger partial charge in [0.1, 0.15) is 5.82 Å². The molecule has 1 saturated carbocycles. The molecule has 0 bridgehead atoms. The summed E-state index contributed by atoms with van der Waals surface area (Å²) in [4.78, 5) is 0. The van der Waals surface area contributed by atoms with Crippen LogP contribution in [0.5, 0.6) is 0 Å². The molecule has 0 nitrogen and oxygen atoms in total. The molecule has 1 fully saturated rings. The van der Waals surface area contributed by atoms with Crippen LogP contribution in [0.15, 0.2) is 42.5 Å². The first-order valence-electron chi connectivity index (χ1n) is 12.6. The molecule has 0 radical (unpaired) electrons. The van der Waals surface area contributed by atoms with Crippen LogP contribution in [-0.2, 0) is 6.42 Å². The number of hydrogen-bond donors (Lipinski definition) is 0. The smallest absolute Gasteiger partial charge is 0.131 e. The van der Waals surface area contributed by atoms with Crippen molar-refractivity contribution >= 4 is 0 Å². The first-order chi connectivity index (χ1) is 14.7. The summed E-state index contributed by atoms with van der Waals surface area (Å²) >= 11 is 0. The second-order valence-electron chi connectivity index (χ2n) is 9.46. The maximum atomic E-state index is 14.9. The highest BCUT2D eigenvalue weighted by Gasteiger charge is 2.22. The van der Waals surface area contributed by atoms with E-state index in [1.165, 1.54) is 88.2 Å². The monoisotopic (exact) mass is 408 g/mol. The van der Waals surface area contributed by atoms with Crippen molar-refractivity contribution in [3.63, 3.8) is 0 Å². The second-order valence-corrected chi connectivity index (χ2v) is 9.46. The average molecular weight is 409 g/mol. The molecule has 0 aliphatic heterocycles. The topological polar surface area (TPSA) is 0 Å². The van der Waals surface area contributed by atoms with E-state index in [1.54, 1.807) is 0 Å². The van der Waals surface area contributed by atoms with E-state index >= 15 is 0 Å². The van der Waals surface area contributed by atoms with Gasteiger partial charge in [0.05, 0.1) is 0 Å². The van der Waals surface area contributed by atoms with Crippen molar-refractivity contribution in [3.8, 4) is 11.1 Å². The first-order valence-corrected chi connectivity index (χ1v) is 12.6. The van der Waals surface area contributed by atoms with Crippen LogP contribution in [0.2, 0.25) is 0 Å². The number of rotatable bonds is 11. The van der Waals surface area contributed by atoms with Crippen LogP contribution in [0.4, 0.5) is 4.39 Å². The number of halogens is 1. The molecule has 2 aromatic carbocycles. The molecule has 30 heavy (non-hydrogen) atoms. The zero-order chi connectivity index (χ0) is 21.2. The average Bonchev–Trinajstić information content (AvgIpc) is 2.77. The second kappa shape index (κ2) is 12.3. The summed E-state index contributed by atoms with van der Waals surface area (Å²) in [6, 6.07) is 14.6. The van der Waals surface area contributed by atoms with E-state index < -0.39 is 0 Å². The molecule has 1 aliphatic carbocycles. The fourth-order valence-corrected chi connectivity index (χ4v) is 5.17. The van der Waals surface area contributed by atoms with Crippen molar-refractivity contribution in [2.45, 2.75) is 103 Å². The van der Waals surface area contributed by atoms with Gasteiger partial charge in [-0.15, -0.1) is 0 Å². The van der Waals surface area contributed by atoms with Crippen LogP contribution >= 0.6 is 0 Å². The number of hydrogen-bond acceptors (Lipinski definition) is 0. The molecule has 0 amide bonds. The molecule has 0 N–H and O–H groups in total. The fourth-order valence-electron chi connectivity index (χ4n) is 5.17. The molecule has 0 aromatic heterocycles. The minimum atomic E-state index is -0.0631. The molecule has 0 unspecified atom stereocenters. The van der Waals surface area contributed by atoms with Crippen LogP contribution in [-0.4, -0.2) is 0 Å². The predicted molar refractivity (Wildman–Crippen MR) is 129 cm³/mol. The minimum Gasteiger partial charge on any atom is -0.206 e. The molecular weight excluding hydrogens is 367 g/mol. The van der Waals surface area contributed by atoms with Gasteiger partial charge in [-0.25, -0.2) is 4.39 Å². The van der Waals surface area contributed by atoms with Crippen molar-refractivity contribution < 1.29 is 4.39 Å². The molecule has 0 atom stereocenters. The van der Waals surface area contributed by atoms with E-state index in [0.717, 1.165) is 23.5 Å². The molecule has 2 aromatic rings. The van der Waals surface area contributed by atoms with Gasteiger partial charge in [0.25, 0.3) is 0 Å². The highest BCUT2D eigenvalue weighted by atomic mass is 19.1. The van der Waals surface area contributed by atoms with E-state index in [9.17, 15) is 4.39 Å². The quantitative estimate of drug-likeness (QED) is 0.325. The van der Waals surface area contributed by atoms with Gasteiger partial charge >= 0.3 is 0 Å². The standard InChI is InChI=1S/C29H41F/c1-3-5-6-7-8-9-11-24-14-18-26(19-15-24)28-21-20-27(22-29(28)30)25-16-12-23(10-4-2)13-17-25/h14-15,18-23,25H,3-13,16-17H2,1-2H3. The first kappa shape index (κ1) is 23.0. The van der Waals surface area contributed by atoms with Crippen LogP contribution in [0, 0.1) is 11.7 Å². The normalized spacial score (nSPS) is 19.2. The lowest BCUT2D eigenvalue weighted by atomic mass is 9.77. The van der Waals surface area contributed by atoms with Crippen LogP contribution in [0.1, 0.15) is 108 Å². The molecule has 0 saturated heterocycles. The van der Waals surface area contributed by atoms with Gasteiger partial charge in [-0.1, -0.05) is 95.2 Å². The Morgan fingerprint density at radius 2 is 1.47 bits per heavy atom. The largest absolute Gasteiger partial charge is 0.206 e. The molecule has 1 aliphatic rings. The zero-order valence-electron chi connectivity index (χ0n) is 19.3. The summed E-state index contributed by atoms with van der Waals surface area (Å²) in [6.07, 6.45) is 16.8. The van der Waals surface area contributed by atoms with Crippen molar-refractivity contribution in [1.29, 1.82) is 0 Å². The Morgan fingerprint density at radius 3 is 2.13 bits per heavy atom. The summed E-state index contributed by atoms with van der Waals surface area (Å²) in [5, 5.41) is 0. The van der Waals surface area contributed by atoms with Crippen molar-refractivity contribution in [1.82, 2.24) is 0 Å². The summed E-state index contributed by atoms with van der Waals surface area (Å²) in [5.74, 6) is 1.37. The van der Waals surface area contributed by atoms with Crippen molar-refractivity contribution in [2.75, 3.05) is 0 Å². The van der Waals surface area contributed by atoms with Gasteiger partial charge in [0, 0.05) is 5.56 Å². The van der Waals surface area contributed by atoms with E-state index in [-0.39, 0.29) is 5.82 Å². The lowest BCUT2D eigenvalue weighted by Gasteiger charge is -2.28. The van der Waals surface area contributed by atoms with E-state index in [1.807, 2.05) is 12.1 Å². The Morgan fingerprint density at radius 1 is 0.767 bits per heavy atom. The van der Waals surface area contributed by atoms with Gasteiger partial charge in [0.15, 0.2) is 0 Å². The summed E-state index contributed by atoms with van der Waals surface area (Å²) in [7, 11) is 0. The minimum absolute atomic E-state index is 0.0631. The zero-order valence-corrected chi connectivity index (χ0v) is 19.3. The third kappa shape index (κ3) is 6.69. The molecule has 0 spiro atoms. The molecule has 3 rings (SSSR count). The van der Waals surface area contributed by atoms with Crippen LogP contribution < -0.4 is 0 Å². The lowest BCUT2D eigenvalue weighted by molar-refractivity contribution is 0.308. The predicted octanol–water partition coefficient (Wildman–Crippen LogP) is 9.47. The molecule has 1 heteroatoms. The van der Waals surface area contributed by atoms with Gasteiger partial charge in [0.2, 0.25) is 0 Å². The Labute approximate surface area is 184 Å². The number of aryl methyl sites for hydroxylation is 1. The third-order valence-corrected chi connectivity index (χ3v) is 7.09. The van der Waals surface area contributed by atoms with Crippen LogP contribution in [0.3, 0.4) is 0 Å². The Balaban J connectivity index is 1.53. The fraction of sp³-hybridized carbons (Fsp3) is 0.586. The maximum absolute atomic E-state index is 14.9. The molecule has 0 heterocycles. The van der Waals surface area contributed by atoms with Crippen LogP contribution in [0.25, 0.3) is 11.1 Å². The SMILES string of the molecule is CCCCCCCCc1ccc(-c2ccc(C3CCC(CCC)CC3)cc2F)cc1. The van der Waals surface area contributed by atoms with Gasteiger partial charge in [-0.05, 0) is 73.1 Å². The highest BCUT2D eigenvalue weighted by Crippen LogP contribution is 2.38. The third-order valence-electron chi connectivity index (χ3n) is 7.09. The van der Waals surface area contributed by atoms with Gasteiger partial charge in [-0.2, -0.15) is 0 Å². The van der Waals surface area contributed by atoms with Crippen molar-refractivity contribution in [3.05, 3.63) is 59.4 Å². The maximum Gasteiger partial charge on any atom is 0.131 e. The Hall–Kier alpha value is -1.63. The van der Waals surface area contributed by atoms with Crippen molar-refractivity contribution in [2.24, 2.45) is 5.92 Å². The lowest BCUT2D eigenvalue weighted by Crippen LogP contribution is -2.13. The Bertz CT molecular complexity index is 737. The van der Waals surface area contributed by atoms with E-state index in [4.69, 9.17) is 0 Å². The summed E-state index contributed by atoms with van der Waals surface area (Å²) in [6.45, 7) is 4.54. The number of benzene rings is 2. The Kier molecular flexibility index (Phi) is 9.43. The number of unbranched alkanes of at least 4 members (excludes halogenated alkanes) is 5. The van der Waals surface area contributed by atoms with Gasteiger partial charge in [-0.3, -0.25) is 0 Å². The van der Waals surface area contributed by atoms with Gasteiger partial charge < -0.3 is 0 Å².